The van der Waals surface area contributed by atoms with E-state index in [1.54, 1.807) is 50.6 Å². The van der Waals surface area contributed by atoms with Crippen LogP contribution >= 0.6 is 23.2 Å². The minimum Gasteiger partial charge on any atom is -0.497 e. The number of hydrogen-bond acceptors (Lipinski definition) is 5. The normalized spacial score (nSPS) is 10.8. The van der Waals surface area contributed by atoms with Gasteiger partial charge in [-0.15, -0.1) is 0 Å². The quantitative estimate of drug-likeness (QED) is 0.687. The molecule has 25 heavy (non-hydrogen) atoms. The molecule has 7 heteroatoms. The van der Waals surface area contributed by atoms with Crippen LogP contribution in [0.5, 0.6) is 11.5 Å². The molecule has 1 N–H and O–H groups in total. The molecule has 3 aromatic rings. The first kappa shape index (κ1) is 17.6. The van der Waals surface area contributed by atoms with Crippen LogP contribution in [0, 0.1) is 0 Å². The van der Waals surface area contributed by atoms with E-state index >= 15 is 0 Å². The molecule has 1 aromatic heterocycles. The van der Waals surface area contributed by atoms with Crippen LogP contribution < -0.4 is 9.47 Å². The number of aliphatic hydroxyl groups is 1. The number of hydrogen-bond donors (Lipinski definition) is 1. The fraction of sp³-hybridized carbons (Fsp3) is 0.167. The molecular weight excluding hydrogens is 365 g/mol. The molecule has 0 amide bonds. The summed E-state index contributed by atoms with van der Waals surface area (Å²) in [5, 5.41) is 14.9. The lowest BCUT2D eigenvalue weighted by atomic mass is 10.0. The number of methoxy groups -OCH3 is 2. The Morgan fingerprint density at radius 1 is 1.04 bits per heavy atom. The van der Waals surface area contributed by atoms with E-state index in [2.05, 4.69) is 5.16 Å². The van der Waals surface area contributed by atoms with Gasteiger partial charge in [-0.25, -0.2) is 0 Å². The fourth-order valence-electron chi connectivity index (χ4n) is 2.51. The van der Waals surface area contributed by atoms with E-state index in [1.807, 2.05) is 0 Å². The summed E-state index contributed by atoms with van der Waals surface area (Å²) in [6.07, 6.45) is 0. The summed E-state index contributed by atoms with van der Waals surface area (Å²) in [4.78, 5) is 0. The monoisotopic (exact) mass is 379 g/mol. The van der Waals surface area contributed by atoms with E-state index in [0.717, 1.165) is 0 Å². The predicted molar refractivity (Wildman–Crippen MR) is 96.4 cm³/mol. The predicted octanol–water partition coefficient (Wildman–Crippen LogP) is 4.82. The van der Waals surface area contributed by atoms with E-state index in [1.165, 1.54) is 0 Å². The highest BCUT2D eigenvalue weighted by Crippen LogP contribution is 2.38. The van der Waals surface area contributed by atoms with Crippen LogP contribution in [0.1, 0.15) is 5.56 Å². The van der Waals surface area contributed by atoms with Crippen LogP contribution in [0.25, 0.3) is 22.6 Å². The second kappa shape index (κ2) is 7.35. The van der Waals surface area contributed by atoms with Crippen LogP contribution in [0.15, 0.2) is 40.9 Å². The molecule has 0 radical (unpaired) electrons. The number of halogens is 2. The first-order valence-electron chi connectivity index (χ1n) is 7.35. The lowest BCUT2D eigenvalue weighted by molar-refractivity contribution is 0.281. The molecule has 5 nitrogen and oxygen atoms in total. The first-order chi connectivity index (χ1) is 12.1. The summed E-state index contributed by atoms with van der Waals surface area (Å²) in [7, 11) is 3.12. The fourth-order valence-corrected chi connectivity index (χ4v) is 2.89. The molecule has 1 heterocycles. The zero-order valence-corrected chi connectivity index (χ0v) is 15.1. The SMILES string of the molecule is COc1cc(OC)cc(-c2noc(-c3cc(Cl)ccc3Cl)c2CO)c1. The van der Waals surface area contributed by atoms with Crippen molar-refractivity contribution in [3.63, 3.8) is 0 Å². The second-order valence-corrected chi connectivity index (χ2v) is 6.07. The summed E-state index contributed by atoms with van der Waals surface area (Å²) in [6, 6.07) is 10.3. The highest BCUT2D eigenvalue weighted by atomic mass is 35.5. The van der Waals surface area contributed by atoms with Gasteiger partial charge in [-0.2, -0.15) is 0 Å². The Morgan fingerprint density at radius 3 is 2.32 bits per heavy atom. The van der Waals surface area contributed by atoms with Crippen LogP contribution in [0.2, 0.25) is 10.0 Å². The molecular formula is C18H15Cl2NO4. The number of aliphatic hydroxyl groups excluding tert-OH is 1. The molecule has 130 valence electrons. The Bertz CT molecular complexity index is 886. The van der Waals surface area contributed by atoms with Gasteiger partial charge in [-0.05, 0) is 30.3 Å². The minimum atomic E-state index is -0.281. The van der Waals surface area contributed by atoms with Gasteiger partial charge in [0.25, 0.3) is 0 Å². The summed E-state index contributed by atoms with van der Waals surface area (Å²) in [5.41, 5.74) is 2.23. The van der Waals surface area contributed by atoms with Crippen molar-refractivity contribution in [2.45, 2.75) is 6.61 Å². The second-order valence-electron chi connectivity index (χ2n) is 5.22. The van der Waals surface area contributed by atoms with Gasteiger partial charge in [0.2, 0.25) is 0 Å². The molecule has 3 rings (SSSR count). The highest BCUT2D eigenvalue weighted by Gasteiger charge is 2.21. The number of aromatic nitrogens is 1. The number of nitrogens with zero attached hydrogens (tertiary/aromatic N) is 1. The Balaban J connectivity index is 2.17. The lowest BCUT2D eigenvalue weighted by Gasteiger charge is -2.08. The van der Waals surface area contributed by atoms with Gasteiger partial charge in [0.05, 0.1) is 31.4 Å². The molecule has 0 aliphatic heterocycles. The summed E-state index contributed by atoms with van der Waals surface area (Å²) in [6.45, 7) is -0.281. The number of ether oxygens (including phenoxy) is 2. The molecule has 0 atom stereocenters. The van der Waals surface area contributed by atoms with E-state index < -0.39 is 0 Å². The zero-order chi connectivity index (χ0) is 18.0. The van der Waals surface area contributed by atoms with Crippen LogP contribution in [-0.4, -0.2) is 24.5 Å². The van der Waals surface area contributed by atoms with Crippen molar-refractivity contribution < 1.29 is 19.1 Å². The summed E-state index contributed by atoms with van der Waals surface area (Å²) in [5.74, 6) is 1.57. The molecule has 0 saturated heterocycles. The molecule has 0 aliphatic rings. The van der Waals surface area contributed by atoms with Crippen molar-refractivity contribution in [3.05, 3.63) is 52.0 Å². The molecule has 0 saturated carbocycles. The van der Waals surface area contributed by atoms with Gasteiger partial charge in [0.1, 0.15) is 17.2 Å². The molecule has 0 aliphatic carbocycles. The topological polar surface area (TPSA) is 64.7 Å². The van der Waals surface area contributed by atoms with Crippen LogP contribution in [0.4, 0.5) is 0 Å². The largest absolute Gasteiger partial charge is 0.497 e. The number of rotatable bonds is 5. The van der Waals surface area contributed by atoms with Gasteiger partial charge in [0, 0.05) is 22.2 Å². The van der Waals surface area contributed by atoms with Crippen molar-refractivity contribution in [1.82, 2.24) is 5.16 Å². The van der Waals surface area contributed by atoms with Gasteiger partial charge in [0.15, 0.2) is 5.76 Å². The van der Waals surface area contributed by atoms with E-state index in [-0.39, 0.29) is 6.61 Å². The summed E-state index contributed by atoms with van der Waals surface area (Å²) >= 11 is 12.3. The summed E-state index contributed by atoms with van der Waals surface area (Å²) < 4.78 is 16.0. The molecule has 0 unspecified atom stereocenters. The Labute approximate surface area is 154 Å². The van der Waals surface area contributed by atoms with Crippen molar-refractivity contribution >= 4 is 23.2 Å². The first-order valence-corrected chi connectivity index (χ1v) is 8.11. The Morgan fingerprint density at radius 2 is 1.72 bits per heavy atom. The van der Waals surface area contributed by atoms with E-state index in [0.29, 0.717) is 49.7 Å². The van der Waals surface area contributed by atoms with Crippen molar-refractivity contribution in [2.75, 3.05) is 14.2 Å². The molecule has 0 bridgehead atoms. The number of benzene rings is 2. The Kier molecular flexibility index (Phi) is 5.18. The maximum absolute atomic E-state index is 9.89. The van der Waals surface area contributed by atoms with Crippen LogP contribution in [0.3, 0.4) is 0 Å². The van der Waals surface area contributed by atoms with Crippen molar-refractivity contribution in [2.24, 2.45) is 0 Å². The van der Waals surface area contributed by atoms with E-state index in [9.17, 15) is 5.11 Å². The third-order valence-electron chi connectivity index (χ3n) is 3.74. The zero-order valence-electron chi connectivity index (χ0n) is 13.5. The minimum absolute atomic E-state index is 0.281. The molecule has 2 aromatic carbocycles. The van der Waals surface area contributed by atoms with Gasteiger partial charge >= 0.3 is 0 Å². The third kappa shape index (κ3) is 3.44. The molecule has 0 fully saturated rings. The Hall–Kier alpha value is -2.21. The van der Waals surface area contributed by atoms with Crippen molar-refractivity contribution in [3.8, 4) is 34.1 Å². The third-order valence-corrected chi connectivity index (χ3v) is 4.31. The average Bonchev–Trinajstić information content (AvgIpc) is 3.07. The van der Waals surface area contributed by atoms with E-state index in [4.69, 9.17) is 37.2 Å². The lowest BCUT2D eigenvalue weighted by Crippen LogP contribution is -1.92. The maximum Gasteiger partial charge on any atom is 0.174 e. The maximum atomic E-state index is 9.89. The van der Waals surface area contributed by atoms with Gasteiger partial charge in [-0.1, -0.05) is 28.4 Å². The highest BCUT2D eigenvalue weighted by molar-refractivity contribution is 6.35. The van der Waals surface area contributed by atoms with Gasteiger partial charge < -0.3 is 19.1 Å². The average molecular weight is 380 g/mol. The van der Waals surface area contributed by atoms with Crippen LogP contribution in [-0.2, 0) is 6.61 Å². The van der Waals surface area contributed by atoms with Gasteiger partial charge in [-0.3, -0.25) is 0 Å². The standard InChI is InChI=1S/C18H15Cl2NO4/c1-23-12-5-10(6-13(8-12)24-2)17-15(9-22)18(25-21-17)14-7-11(19)3-4-16(14)20/h3-8,22H,9H2,1-2H3. The smallest absolute Gasteiger partial charge is 0.174 e. The molecule has 0 spiro atoms. The van der Waals surface area contributed by atoms with Crippen molar-refractivity contribution in [1.29, 1.82) is 0 Å².